The molecule has 5 heteroatoms. The minimum atomic E-state index is -0.215. The number of ether oxygens (including phenoxy) is 2. The van der Waals surface area contributed by atoms with E-state index in [1.807, 2.05) is 11.8 Å². The predicted octanol–water partition coefficient (Wildman–Crippen LogP) is 3.89. The predicted molar refractivity (Wildman–Crippen MR) is 106 cm³/mol. The number of methoxy groups -OCH3 is 1. The van der Waals surface area contributed by atoms with E-state index in [-0.39, 0.29) is 17.6 Å². The van der Waals surface area contributed by atoms with Crippen molar-refractivity contribution in [1.29, 1.82) is 0 Å². The number of benzene rings is 1. The number of nitrogens with zero attached hydrogens (tertiary/aromatic N) is 1. The number of likely N-dealkylation sites (tertiary alicyclic amines) is 1. The quantitative estimate of drug-likeness (QED) is 0.872. The van der Waals surface area contributed by atoms with Gasteiger partial charge in [-0.05, 0) is 63.6 Å². The Morgan fingerprint density at radius 1 is 1.26 bits per heavy atom. The number of piperidine rings is 1. The van der Waals surface area contributed by atoms with Gasteiger partial charge in [0.1, 0.15) is 5.69 Å². The van der Waals surface area contributed by atoms with Crippen molar-refractivity contribution >= 4 is 16.8 Å². The van der Waals surface area contributed by atoms with Crippen LogP contribution in [-0.4, -0.2) is 54.3 Å². The third-order valence-corrected chi connectivity index (χ3v) is 6.49. The lowest BCUT2D eigenvalue weighted by Crippen LogP contribution is -2.56. The Labute approximate surface area is 161 Å². The molecule has 27 heavy (non-hydrogen) atoms. The molecule has 0 radical (unpaired) electrons. The van der Waals surface area contributed by atoms with E-state index in [0.717, 1.165) is 54.5 Å². The Morgan fingerprint density at radius 3 is 2.70 bits per heavy atom. The Morgan fingerprint density at radius 2 is 2.00 bits per heavy atom. The highest BCUT2D eigenvalue weighted by Crippen LogP contribution is 2.37. The molecule has 2 fully saturated rings. The smallest absolute Gasteiger partial charge is 0.270 e. The van der Waals surface area contributed by atoms with Gasteiger partial charge in [0.2, 0.25) is 0 Å². The number of rotatable bonds is 2. The van der Waals surface area contributed by atoms with Crippen LogP contribution in [-0.2, 0) is 9.47 Å². The van der Waals surface area contributed by atoms with Gasteiger partial charge in [0.25, 0.3) is 5.91 Å². The number of aromatic nitrogens is 1. The van der Waals surface area contributed by atoms with Crippen LogP contribution >= 0.6 is 0 Å². The van der Waals surface area contributed by atoms with E-state index in [1.165, 1.54) is 11.1 Å². The van der Waals surface area contributed by atoms with Gasteiger partial charge in [0.15, 0.2) is 0 Å². The molecule has 1 N–H and O–H groups in total. The second-order valence-corrected chi connectivity index (χ2v) is 8.20. The number of hydrogen-bond donors (Lipinski definition) is 1. The van der Waals surface area contributed by atoms with E-state index in [2.05, 4.69) is 31.0 Å². The molecule has 1 aromatic heterocycles. The fourth-order valence-electron chi connectivity index (χ4n) is 4.94. The van der Waals surface area contributed by atoms with Gasteiger partial charge in [0.05, 0.1) is 11.7 Å². The van der Waals surface area contributed by atoms with Crippen molar-refractivity contribution < 1.29 is 14.3 Å². The first-order chi connectivity index (χ1) is 12.9. The molecule has 1 unspecified atom stereocenters. The summed E-state index contributed by atoms with van der Waals surface area (Å²) in [5.74, 6) is 0.0976. The van der Waals surface area contributed by atoms with Crippen LogP contribution in [0.5, 0.6) is 0 Å². The maximum atomic E-state index is 13.2. The average molecular weight is 370 g/mol. The van der Waals surface area contributed by atoms with Crippen LogP contribution in [0.1, 0.15) is 52.9 Å². The summed E-state index contributed by atoms with van der Waals surface area (Å²) in [5.41, 5.74) is 5.04. The number of aryl methyl sites for hydroxylation is 3. The van der Waals surface area contributed by atoms with E-state index in [4.69, 9.17) is 9.47 Å². The number of fused-ring (bicyclic) bond motifs is 1. The molecular formula is C22H30N2O3. The molecule has 0 bridgehead atoms. The summed E-state index contributed by atoms with van der Waals surface area (Å²) in [5, 5.41) is 1.15. The molecule has 2 aliphatic heterocycles. The highest BCUT2D eigenvalue weighted by Gasteiger charge is 2.45. The Kier molecular flexibility index (Phi) is 4.77. The van der Waals surface area contributed by atoms with Crippen LogP contribution in [0.4, 0.5) is 0 Å². The Hall–Kier alpha value is -1.85. The molecular weight excluding hydrogens is 340 g/mol. The number of H-pyrrole nitrogens is 1. The molecule has 4 rings (SSSR count). The minimum Gasteiger partial charge on any atom is -0.378 e. The zero-order valence-electron chi connectivity index (χ0n) is 16.9. The molecule has 1 spiro atoms. The number of carbonyl (C=O) groups is 1. The van der Waals surface area contributed by atoms with Crippen molar-refractivity contribution in [3.63, 3.8) is 0 Å². The SMILES string of the molecule is COC1CCCOC12CCN(C(=O)c1[nH]c3c(C)cc(C)cc3c1C)CC2. The first-order valence-corrected chi connectivity index (χ1v) is 10.0. The van der Waals surface area contributed by atoms with E-state index in [1.54, 1.807) is 7.11 Å². The summed E-state index contributed by atoms with van der Waals surface area (Å²) in [4.78, 5) is 18.6. The Balaban J connectivity index is 1.56. The van der Waals surface area contributed by atoms with Crippen molar-refractivity contribution in [1.82, 2.24) is 9.88 Å². The van der Waals surface area contributed by atoms with Crippen molar-refractivity contribution in [3.05, 3.63) is 34.5 Å². The van der Waals surface area contributed by atoms with Crippen molar-refractivity contribution in [3.8, 4) is 0 Å². The first-order valence-electron chi connectivity index (χ1n) is 10.0. The highest BCUT2D eigenvalue weighted by atomic mass is 16.5. The summed E-state index contributed by atoms with van der Waals surface area (Å²) in [6.45, 7) is 8.46. The number of aromatic amines is 1. The van der Waals surface area contributed by atoms with Crippen LogP contribution in [0.3, 0.4) is 0 Å². The summed E-state index contributed by atoms with van der Waals surface area (Å²) in [6, 6.07) is 4.32. The maximum absolute atomic E-state index is 13.2. The number of carbonyl (C=O) groups excluding carboxylic acids is 1. The van der Waals surface area contributed by atoms with Gasteiger partial charge < -0.3 is 19.4 Å². The lowest BCUT2D eigenvalue weighted by atomic mass is 9.81. The Bertz CT molecular complexity index is 862. The van der Waals surface area contributed by atoms with Crippen LogP contribution in [0, 0.1) is 20.8 Å². The molecule has 146 valence electrons. The second-order valence-electron chi connectivity index (χ2n) is 8.20. The van der Waals surface area contributed by atoms with Gasteiger partial charge in [-0.2, -0.15) is 0 Å². The fraction of sp³-hybridized carbons (Fsp3) is 0.591. The topological polar surface area (TPSA) is 54.6 Å². The summed E-state index contributed by atoms with van der Waals surface area (Å²) in [7, 11) is 1.77. The van der Waals surface area contributed by atoms with E-state index in [0.29, 0.717) is 13.1 Å². The van der Waals surface area contributed by atoms with E-state index >= 15 is 0 Å². The van der Waals surface area contributed by atoms with Gasteiger partial charge in [-0.15, -0.1) is 0 Å². The number of hydrogen-bond acceptors (Lipinski definition) is 3. The first kappa shape index (κ1) is 18.5. The summed E-state index contributed by atoms with van der Waals surface area (Å²) < 4.78 is 11.9. The van der Waals surface area contributed by atoms with Gasteiger partial charge in [-0.1, -0.05) is 11.6 Å². The molecule has 2 aromatic rings. The zero-order chi connectivity index (χ0) is 19.2. The lowest BCUT2D eigenvalue weighted by Gasteiger charge is -2.47. The van der Waals surface area contributed by atoms with Crippen molar-refractivity contribution in [2.45, 2.75) is 58.2 Å². The maximum Gasteiger partial charge on any atom is 0.270 e. The molecule has 1 amide bonds. The molecule has 0 aliphatic carbocycles. The van der Waals surface area contributed by atoms with Crippen molar-refractivity contribution in [2.75, 3.05) is 26.8 Å². The largest absolute Gasteiger partial charge is 0.378 e. The fourth-order valence-corrected chi connectivity index (χ4v) is 4.94. The van der Waals surface area contributed by atoms with Gasteiger partial charge in [0, 0.05) is 37.7 Å². The summed E-state index contributed by atoms with van der Waals surface area (Å²) in [6.07, 6.45) is 3.92. The van der Waals surface area contributed by atoms with E-state index in [9.17, 15) is 4.79 Å². The molecule has 2 saturated heterocycles. The van der Waals surface area contributed by atoms with Crippen LogP contribution in [0.15, 0.2) is 12.1 Å². The lowest BCUT2D eigenvalue weighted by molar-refractivity contribution is -0.183. The van der Waals surface area contributed by atoms with Crippen molar-refractivity contribution in [2.24, 2.45) is 0 Å². The molecule has 1 atom stereocenters. The molecule has 5 nitrogen and oxygen atoms in total. The summed E-state index contributed by atoms with van der Waals surface area (Å²) >= 11 is 0. The third-order valence-electron chi connectivity index (χ3n) is 6.49. The molecule has 3 heterocycles. The minimum absolute atomic E-state index is 0.0976. The average Bonchev–Trinajstić information content (AvgIpc) is 2.99. The number of amides is 1. The monoisotopic (exact) mass is 370 g/mol. The number of nitrogens with one attached hydrogen (secondary N) is 1. The van der Waals surface area contributed by atoms with Gasteiger partial charge >= 0.3 is 0 Å². The molecule has 1 aromatic carbocycles. The molecule has 0 saturated carbocycles. The normalized spacial score (nSPS) is 22.5. The van der Waals surface area contributed by atoms with Gasteiger partial charge in [-0.25, -0.2) is 0 Å². The standard InChI is InChI=1S/C22H30N2O3/c1-14-12-15(2)19-17(13-14)16(3)20(23-19)21(25)24-9-7-22(8-10-24)18(26-4)6-5-11-27-22/h12-13,18,23H,5-11H2,1-4H3. The zero-order valence-corrected chi connectivity index (χ0v) is 16.9. The third kappa shape index (κ3) is 3.07. The van der Waals surface area contributed by atoms with Gasteiger partial charge in [-0.3, -0.25) is 4.79 Å². The van der Waals surface area contributed by atoms with E-state index < -0.39 is 0 Å². The van der Waals surface area contributed by atoms with Crippen LogP contribution in [0.2, 0.25) is 0 Å². The highest BCUT2D eigenvalue weighted by molar-refractivity contribution is 6.01. The second kappa shape index (κ2) is 6.95. The molecule has 2 aliphatic rings. The van der Waals surface area contributed by atoms with Crippen LogP contribution in [0.25, 0.3) is 10.9 Å². The van der Waals surface area contributed by atoms with Crippen LogP contribution < -0.4 is 0 Å².